The molecule has 0 spiro atoms. The van der Waals surface area contributed by atoms with E-state index in [4.69, 9.17) is 0 Å². The van der Waals surface area contributed by atoms with Crippen LogP contribution in [-0.4, -0.2) is 46.9 Å². The number of piperidine rings is 1. The lowest BCUT2D eigenvalue weighted by Crippen LogP contribution is -2.49. The van der Waals surface area contributed by atoms with E-state index in [0.29, 0.717) is 24.7 Å². The molecular weight excluding hydrogens is 212 g/mol. The zero-order chi connectivity index (χ0) is 13.0. The molecule has 1 saturated heterocycles. The van der Waals surface area contributed by atoms with Gasteiger partial charge in [0.2, 0.25) is 5.91 Å². The average Bonchev–Trinajstić information content (AvgIpc) is 2.20. The Labute approximate surface area is 106 Å². The van der Waals surface area contributed by atoms with Crippen molar-refractivity contribution in [3.8, 4) is 0 Å². The summed E-state index contributed by atoms with van der Waals surface area (Å²) in [5.41, 5.74) is 0. The highest BCUT2D eigenvalue weighted by atomic mass is 16.2. The Kier molecular flexibility index (Phi) is 5.44. The van der Waals surface area contributed by atoms with Gasteiger partial charge in [0, 0.05) is 18.1 Å². The van der Waals surface area contributed by atoms with Gasteiger partial charge in [0.25, 0.3) is 0 Å². The molecule has 0 aliphatic carbocycles. The molecule has 100 valence electrons. The summed E-state index contributed by atoms with van der Waals surface area (Å²) in [4.78, 5) is 16.7. The molecule has 1 aliphatic rings. The minimum absolute atomic E-state index is 0.281. The van der Waals surface area contributed by atoms with Crippen LogP contribution < -0.4 is 0 Å². The second-order valence-electron chi connectivity index (χ2n) is 5.80. The van der Waals surface area contributed by atoms with Crippen LogP contribution in [0.25, 0.3) is 0 Å². The maximum absolute atomic E-state index is 12.3. The number of hydrogen-bond donors (Lipinski definition) is 0. The zero-order valence-corrected chi connectivity index (χ0v) is 12.1. The second kappa shape index (κ2) is 6.39. The molecule has 3 heteroatoms. The molecule has 1 amide bonds. The maximum Gasteiger partial charge on any atom is 0.237 e. The third-order valence-corrected chi connectivity index (χ3v) is 3.68. The molecule has 1 fully saturated rings. The van der Waals surface area contributed by atoms with Gasteiger partial charge in [0.1, 0.15) is 0 Å². The minimum Gasteiger partial charge on any atom is -0.337 e. The Morgan fingerprint density at radius 2 is 1.82 bits per heavy atom. The SMILES string of the molecule is CC(C)N(C(=O)CN1CCCC[C@H]1C)C(C)C. The zero-order valence-electron chi connectivity index (χ0n) is 12.1. The number of hydrogen-bond acceptors (Lipinski definition) is 2. The van der Waals surface area contributed by atoms with Crippen LogP contribution in [-0.2, 0) is 4.79 Å². The Hall–Kier alpha value is -0.570. The molecule has 0 aromatic carbocycles. The topological polar surface area (TPSA) is 23.6 Å². The van der Waals surface area contributed by atoms with Crippen LogP contribution in [0.5, 0.6) is 0 Å². The van der Waals surface area contributed by atoms with Gasteiger partial charge in [0.15, 0.2) is 0 Å². The molecule has 0 saturated carbocycles. The van der Waals surface area contributed by atoms with Crippen molar-refractivity contribution in [2.24, 2.45) is 0 Å². The number of carbonyl (C=O) groups is 1. The van der Waals surface area contributed by atoms with Gasteiger partial charge in [-0.05, 0) is 54.0 Å². The highest BCUT2D eigenvalue weighted by Gasteiger charge is 2.25. The summed E-state index contributed by atoms with van der Waals surface area (Å²) in [5.74, 6) is 0.281. The molecule has 3 nitrogen and oxygen atoms in total. The van der Waals surface area contributed by atoms with Gasteiger partial charge in [-0.15, -0.1) is 0 Å². The fourth-order valence-electron chi connectivity index (χ4n) is 2.82. The van der Waals surface area contributed by atoms with E-state index in [1.165, 1.54) is 19.3 Å². The minimum atomic E-state index is 0.281. The Morgan fingerprint density at radius 1 is 1.24 bits per heavy atom. The fourth-order valence-corrected chi connectivity index (χ4v) is 2.82. The fraction of sp³-hybridized carbons (Fsp3) is 0.929. The van der Waals surface area contributed by atoms with Gasteiger partial charge in [-0.2, -0.15) is 0 Å². The van der Waals surface area contributed by atoms with Crippen molar-refractivity contribution in [1.82, 2.24) is 9.80 Å². The lowest BCUT2D eigenvalue weighted by Gasteiger charge is -2.37. The monoisotopic (exact) mass is 240 g/mol. The predicted octanol–water partition coefficient (Wildman–Crippen LogP) is 2.51. The van der Waals surface area contributed by atoms with Crippen LogP contribution in [0.2, 0.25) is 0 Å². The molecule has 1 aliphatic heterocycles. The second-order valence-corrected chi connectivity index (χ2v) is 5.80. The number of nitrogens with zero attached hydrogens (tertiary/aromatic N) is 2. The molecule has 0 aromatic rings. The van der Waals surface area contributed by atoms with E-state index in [1.54, 1.807) is 0 Å². The van der Waals surface area contributed by atoms with Crippen molar-refractivity contribution in [3.63, 3.8) is 0 Å². The number of rotatable bonds is 4. The van der Waals surface area contributed by atoms with Crippen molar-refractivity contribution in [3.05, 3.63) is 0 Å². The van der Waals surface area contributed by atoms with E-state index in [0.717, 1.165) is 6.54 Å². The molecule has 0 unspecified atom stereocenters. The first-order valence-corrected chi connectivity index (χ1v) is 6.98. The highest BCUT2D eigenvalue weighted by Crippen LogP contribution is 2.17. The summed E-state index contributed by atoms with van der Waals surface area (Å²) in [7, 11) is 0. The summed E-state index contributed by atoms with van der Waals surface area (Å²) >= 11 is 0. The summed E-state index contributed by atoms with van der Waals surface area (Å²) in [6.45, 7) is 12.3. The van der Waals surface area contributed by atoms with Crippen molar-refractivity contribution < 1.29 is 4.79 Å². The van der Waals surface area contributed by atoms with Gasteiger partial charge in [-0.3, -0.25) is 9.69 Å². The highest BCUT2D eigenvalue weighted by molar-refractivity contribution is 5.78. The molecule has 0 aromatic heterocycles. The first kappa shape index (κ1) is 14.5. The maximum atomic E-state index is 12.3. The van der Waals surface area contributed by atoms with Gasteiger partial charge < -0.3 is 4.90 Å². The third kappa shape index (κ3) is 3.98. The molecule has 1 rings (SSSR count). The van der Waals surface area contributed by atoms with E-state index in [-0.39, 0.29) is 5.91 Å². The normalized spacial score (nSPS) is 22.2. The number of likely N-dealkylation sites (tertiary alicyclic amines) is 1. The van der Waals surface area contributed by atoms with E-state index < -0.39 is 0 Å². The average molecular weight is 240 g/mol. The third-order valence-electron chi connectivity index (χ3n) is 3.68. The van der Waals surface area contributed by atoms with E-state index in [1.807, 2.05) is 4.90 Å². The van der Waals surface area contributed by atoms with Crippen molar-refractivity contribution in [1.29, 1.82) is 0 Å². The van der Waals surface area contributed by atoms with Gasteiger partial charge in [-0.25, -0.2) is 0 Å². The van der Waals surface area contributed by atoms with E-state index in [2.05, 4.69) is 39.5 Å². The summed E-state index contributed by atoms with van der Waals surface area (Å²) in [6, 6.07) is 1.15. The van der Waals surface area contributed by atoms with E-state index in [9.17, 15) is 4.79 Å². The molecule has 17 heavy (non-hydrogen) atoms. The summed E-state index contributed by atoms with van der Waals surface area (Å²) in [5, 5.41) is 0. The quantitative estimate of drug-likeness (QED) is 0.754. The molecule has 1 atom stereocenters. The Morgan fingerprint density at radius 3 is 2.29 bits per heavy atom. The number of amides is 1. The van der Waals surface area contributed by atoms with Crippen molar-refractivity contribution in [2.45, 2.75) is 72.0 Å². The largest absolute Gasteiger partial charge is 0.337 e. The molecule has 0 bridgehead atoms. The summed E-state index contributed by atoms with van der Waals surface area (Å²) < 4.78 is 0. The van der Waals surface area contributed by atoms with Crippen LogP contribution in [0, 0.1) is 0 Å². The van der Waals surface area contributed by atoms with Gasteiger partial charge >= 0.3 is 0 Å². The van der Waals surface area contributed by atoms with Crippen LogP contribution >= 0.6 is 0 Å². The van der Waals surface area contributed by atoms with Gasteiger partial charge in [0.05, 0.1) is 6.54 Å². The first-order valence-electron chi connectivity index (χ1n) is 6.98. The molecular formula is C14H28N2O. The van der Waals surface area contributed by atoms with Crippen molar-refractivity contribution >= 4 is 5.91 Å². The first-order chi connectivity index (χ1) is 7.93. The van der Waals surface area contributed by atoms with Crippen LogP contribution in [0.4, 0.5) is 0 Å². The smallest absolute Gasteiger partial charge is 0.237 e. The Bertz CT molecular complexity index is 243. The van der Waals surface area contributed by atoms with Gasteiger partial charge in [-0.1, -0.05) is 6.42 Å². The number of carbonyl (C=O) groups excluding carboxylic acids is 1. The molecule has 0 radical (unpaired) electrons. The van der Waals surface area contributed by atoms with Crippen LogP contribution in [0.1, 0.15) is 53.9 Å². The lowest BCUT2D eigenvalue weighted by molar-refractivity contribution is -0.136. The van der Waals surface area contributed by atoms with Crippen molar-refractivity contribution in [2.75, 3.05) is 13.1 Å². The molecule has 0 N–H and O–H groups in total. The Balaban J connectivity index is 2.56. The molecule has 1 heterocycles. The lowest BCUT2D eigenvalue weighted by atomic mass is 10.0. The van der Waals surface area contributed by atoms with Crippen LogP contribution in [0.3, 0.4) is 0 Å². The van der Waals surface area contributed by atoms with E-state index >= 15 is 0 Å². The summed E-state index contributed by atoms with van der Waals surface area (Å²) in [6.07, 6.45) is 3.78. The standard InChI is InChI=1S/C14H28N2O/c1-11(2)16(12(3)4)14(17)10-15-9-7-6-8-13(15)5/h11-13H,6-10H2,1-5H3/t13-/m1/s1. The predicted molar refractivity (Wildman–Crippen MR) is 72.0 cm³/mol. The van der Waals surface area contributed by atoms with Crippen LogP contribution in [0.15, 0.2) is 0 Å².